The van der Waals surface area contributed by atoms with E-state index in [4.69, 9.17) is 0 Å². The zero-order chi connectivity index (χ0) is 17.8. The second-order valence-corrected chi connectivity index (χ2v) is 7.17. The van der Waals surface area contributed by atoms with Gasteiger partial charge < -0.3 is 15.6 Å². The Labute approximate surface area is 151 Å². The Balaban J connectivity index is 1.68. The van der Waals surface area contributed by atoms with Crippen molar-refractivity contribution in [1.29, 1.82) is 0 Å². The minimum Gasteiger partial charge on any atom is -0.365 e. The largest absolute Gasteiger partial charge is 0.365 e. The standard InChI is InChI=1S/C18H24N4O2S/c1-3-19-18(24)16-8-14(10-22(16)9-13-5-7-25-11-13)21-17(23)15-4-6-20-12(15)2/h4-7,11,14,16,20H,3,8-10H2,1-2H3,(H,19,24)(H,21,23). The number of H-pyrrole nitrogens is 1. The molecule has 134 valence electrons. The van der Waals surface area contributed by atoms with Crippen molar-refractivity contribution in [3.05, 3.63) is 45.9 Å². The lowest BCUT2D eigenvalue weighted by Gasteiger charge is -2.22. The van der Waals surface area contributed by atoms with Crippen LogP contribution in [0.15, 0.2) is 29.1 Å². The molecule has 0 saturated carbocycles. The van der Waals surface area contributed by atoms with Crippen molar-refractivity contribution in [3.8, 4) is 0 Å². The summed E-state index contributed by atoms with van der Waals surface area (Å²) in [6.45, 7) is 5.81. The van der Waals surface area contributed by atoms with Gasteiger partial charge in [0.25, 0.3) is 5.91 Å². The molecule has 1 saturated heterocycles. The number of thiophene rings is 1. The highest BCUT2D eigenvalue weighted by Gasteiger charge is 2.37. The van der Waals surface area contributed by atoms with E-state index in [2.05, 4.69) is 32.0 Å². The van der Waals surface area contributed by atoms with Gasteiger partial charge in [-0.15, -0.1) is 0 Å². The van der Waals surface area contributed by atoms with E-state index >= 15 is 0 Å². The summed E-state index contributed by atoms with van der Waals surface area (Å²) < 4.78 is 0. The van der Waals surface area contributed by atoms with Gasteiger partial charge in [-0.05, 0) is 48.7 Å². The SMILES string of the molecule is CCNC(=O)C1CC(NC(=O)c2cc[nH]c2C)CN1Cc1ccsc1. The first kappa shape index (κ1) is 17.7. The van der Waals surface area contributed by atoms with Crippen LogP contribution in [0.3, 0.4) is 0 Å². The molecule has 2 unspecified atom stereocenters. The normalized spacial score (nSPS) is 20.6. The first-order chi connectivity index (χ1) is 12.1. The molecule has 2 aromatic heterocycles. The Hall–Kier alpha value is -2.12. The Morgan fingerprint density at radius 3 is 2.88 bits per heavy atom. The number of nitrogens with zero attached hydrogens (tertiary/aromatic N) is 1. The number of aromatic nitrogens is 1. The smallest absolute Gasteiger partial charge is 0.253 e. The summed E-state index contributed by atoms with van der Waals surface area (Å²) in [6, 6.07) is 3.61. The highest BCUT2D eigenvalue weighted by Crippen LogP contribution is 2.22. The number of hydrogen-bond donors (Lipinski definition) is 3. The molecule has 0 radical (unpaired) electrons. The fourth-order valence-electron chi connectivity index (χ4n) is 3.33. The fourth-order valence-corrected chi connectivity index (χ4v) is 3.99. The van der Waals surface area contributed by atoms with Gasteiger partial charge in [-0.2, -0.15) is 11.3 Å². The molecule has 2 atom stereocenters. The quantitative estimate of drug-likeness (QED) is 0.736. The van der Waals surface area contributed by atoms with Crippen LogP contribution in [0.1, 0.15) is 35.0 Å². The van der Waals surface area contributed by atoms with Crippen LogP contribution in [0.4, 0.5) is 0 Å². The molecule has 1 aliphatic heterocycles. The summed E-state index contributed by atoms with van der Waals surface area (Å²) in [4.78, 5) is 30.1. The zero-order valence-corrected chi connectivity index (χ0v) is 15.4. The number of aryl methyl sites for hydroxylation is 1. The van der Waals surface area contributed by atoms with Crippen LogP contribution < -0.4 is 10.6 Å². The second-order valence-electron chi connectivity index (χ2n) is 6.39. The van der Waals surface area contributed by atoms with Gasteiger partial charge in [0.15, 0.2) is 0 Å². The van der Waals surface area contributed by atoms with Crippen molar-refractivity contribution in [2.24, 2.45) is 0 Å². The fraction of sp³-hybridized carbons (Fsp3) is 0.444. The van der Waals surface area contributed by atoms with E-state index < -0.39 is 0 Å². The minimum atomic E-state index is -0.211. The van der Waals surface area contributed by atoms with Crippen molar-refractivity contribution in [1.82, 2.24) is 20.5 Å². The van der Waals surface area contributed by atoms with Crippen LogP contribution in [0.5, 0.6) is 0 Å². The summed E-state index contributed by atoms with van der Waals surface area (Å²) in [7, 11) is 0. The number of amides is 2. The minimum absolute atomic E-state index is 0.0342. The number of rotatable bonds is 6. The van der Waals surface area contributed by atoms with Crippen LogP contribution in [0.25, 0.3) is 0 Å². The molecule has 25 heavy (non-hydrogen) atoms. The Kier molecular flexibility index (Phi) is 5.55. The number of likely N-dealkylation sites (tertiary alicyclic amines) is 1. The molecule has 0 bridgehead atoms. The molecule has 7 heteroatoms. The summed E-state index contributed by atoms with van der Waals surface area (Å²) in [5, 5.41) is 10.1. The van der Waals surface area contributed by atoms with E-state index in [-0.39, 0.29) is 23.9 Å². The van der Waals surface area contributed by atoms with Crippen molar-refractivity contribution in [3.63, 3.8) is 0 Å². The molecule has 0 aliphatic carbocycles. The molecular weight excluding hydrogens is 336 g/mol. The first-order valence-electron chi connectivity index (χ1n) is 8.56. The lowest BCUT2D eigenvalue weighted by Crippen LogP contribution is -2.42. The number of carbonyl (C=O) groups excluding carboxylic acids is 2. The van der Waals surface area contributed by atoms with E-state index in [1.54, 1.807) is 23.6 Å². The lowest BCUT2D eigenvalue weighted by atomic mass is 10.1. The lowest BCUT2D eigenvalue weighted by molar-refractivity contribution is -0.125. The van der Waals surface area contributed by atoms with E-state index in [0.29, 0.717) is 25.1 Å². The molecule has 1 aliphatic rings. The average Bonchev–Trinajstić information content (AvgIpc) is 3.29. The van der Waals surface area contributed by atoms with Crippen molar-refractivity contribution >= 4 is 23.2 Å². The summed E-state index contributed by atoms with van der Waals surface area (Å²) >= 11 is 1.65. The molecule has 3 N–H and O–H groups in total. The highest BCUT2D eigenvalue weighted by atomic mass is 32.1. The van der Waals surface area contributed by atoms with Gasteiger partial charge in [-0.1, -0.05) is 0 Å². The molecular formula is C18H24N4O2S. The van der Waals surface area contributed by atoms with E-state index in [1.807, 2.05) is 19.2 Å². The molecule has 0 aromatic carbocycles. The second kappa shape index (κ2) is 7.84. The van der Waals surface area contributed by atoms with Crippen LogP contribution in [-0.4, -0.2) is 46.9 Å². The molecule has 3 heterocycles. The first-order valence-corrected chi connectivity index (χ1v) is 9.50. The van der Waals surface area contributed by atoms with Crippen LogP contribution in [0, 0.1) is 6.92 Å². The topological polar surface area (TPSA) is 77.2 Å². The average molecular weight is 360 g/mol. The third-order valence-corrected chi connectivity index (χ3v) is 5.29. The van der Waals surface area contributed by atoms with E-state index in [9.17, 15) is 9.59 Å². The number of nitrogens with one attached hydrogen (secondary N) is 3. The van der Waals surface area contributed by atoms with E-state index in [1.165, 1.54) is 5.56 Å². The predicted molar refractivity (Wildman–Crippen MR) is 98.6 cm³/mol. The number of likely N-dealkylation sites (N-methyl/N-ethyl adjacent to an activating group) is 1. The van der Waals surface area contributed by atoms with Crippen molar-refractivity contribution in [2.45, 2.75) is 38.9 Å². The van der Waals surface area contributed by atoms with Crippen LogP contribution in [0.2, 0.25) is 0 Å². The molecule has 0 spiro atoms. The van der Waals surface area contributed by atoms with Crippen molar-refractivity contribution in [2.75, 3.05) is 13.1 Å². The number of aromatic amines is 1. The third kappa shape index (κ3) is 4.11. The Bertz CT molecular complexity index is 725. The Morgan fingerprint density at radius 2 is 2.24 bits per heavy atom. The van der Waals surface area contributed by atoms with Gasteiger partial charge >= 0.3 is 0 Å². The molecule has 2 amide bonds. The number of carbonyl (C=O) groups is 2. The van der Waals surface area contributed by atoms with Gasteiger partial charge in [-0.3, -0.25) is 14.5 Å². The van der Waals surface area contributed by atoms with Crippen LogP contribution >= 0.6 is 11.3 Å². The van der Waals surface area contributed by atoms with Crippen molar-refractivity contribution < 1.29 is 9.59 Å². The molecule has 2 aromatic rings. The monoisotopic (exact) mass is 360 g/mol. The maximum Gasteiger partial charge on any atom is 0.253 e. The molecule has 6 nitrogen and oxygen atoms in total. The van der Waals surface area contributed by atoms with Gasteiger partial charge in [0.1, 0.15) is 0 Å². The molecule has 3 rings (SSSR count). The third-order valence-electron chi connectivity index (χ3n) is 4.56. The highest BCUT2D eigenvalue weighted by molar-refractivity contribution is 7.07. The number of hydrogen-bond acceptors (Lipinski definition) is 4. The maximum atomic E-state index is 12.5. The molecule has 1 fully saturated rings. The van der Waals surface area contributed by atoms with Gasteiger partial charge in [0, 0.05) is 37.6 Å². The summed E-state index contributed by atoms with van der Waals surface area (Å²) in [6.07, 6.45) is 2.39. The van der Waals surface area contributed by atoms with Gasteiger partial charge in [0.2, 0.25) is 5.91 Å². The zero-order valence-electron chi connectivity index (χ0n) is 14.5. The van der Waals surface area contributed by atoms with Crippen LogP contribution in [-0.2, 0) is 11.3 Å². The van der Waals surface area contributed by atoms with Gasteiger partial charge in [-0.25, -0.2) is 0 Å². The van der Waals surface area contributed by atoms with Gasteiger partial charge in [0.05, 0.1) is 11.6 Å². The summed E-state index contributed by atoms with van der Waals surface area (Å²) in [5.41, 5.74) is 2.71. The maximum absolute atomic E-state index is 12.5. The predicted octanol–water partition coefficient (Wildman–Crippen LogP) is 1.89. The Morgan fingerprint density at radius 1 is 1.40 bits per heavy atom. The van der Waals surface area contributed by atoms with E-state index in [0.717, 1.165) is 12.2 Å². The summed E-state index contributed by atoms with van der Waals surface area (Å²) in [5.74, 6) is -0.0527.